The van der Waals surface area contributed by atoms with Gasteiger partial charge in [-0.1, -0.05) is 35.9 Å². The number of hydrogen-bond donors (Lipinski definition) is 1. The predicted octanol–water partition coefficient (Wildman–Crippen LogP) is 6.14. The minimum Gasteiger partial charge on any atom is -0.494 e. The molecule has 176 valence electrons. The van der Waals surface area contributed by atoms with Gasteiger partial charge in [0.2, 0.25) is 0 Å². The van der Waals surface area contributed by atoms with Crippen LogP contribution in [-0.4, -0.2) is 28.6 Å². The molecule has 0 saturated heterocycles. The van der Waals surface area contributed by atoms with Gasteiger partial charge < -0.3 is 14.6 Å². The number of unbranched alkanes of at least 4 members (excludes halogenated alkanes) is 1. The molecule has 0 unspecified atom stereocenters. The lowest BCUT2D eigenvalue weighted by Crippen LogP contribution is -2.26. The lowest BCUT2D eigenvalue weighted by atomic mass is 10.1. The van der Waals surface area contributed by atoms with Gasteiger partial charge in [-0.2, -0.15) is 0 Å². The molecule has 1 amide bonds. The molecule has 5 nitrogen and oxygen atoms in total. The molecule has 0 saturated carbocycles. The Bertz CT molecular complexity index is 1260. The summed E-state index contributed by atoms with van der Waals surface area (Å²) in [5.74, 6) is 1.78. The van der Waals surface area contributed by atoms with E-state index in [1.165, 1.54) is 11.1 Å². The molecule has 0 aliphatic rings. The number of ether oxygens (including phenoxy) is 1. The van der Waals surface area contributed by atoms with Gasteiger partial charge in [-0.25, -0.2) is 4.98 Å². The van der Waals surface area contributed by atoms with E-state index in [2.05, 4.69) is 48.0 Å². The van der Waals surface area contributed by atoms with Crippen molar-refractivity contribution >= 4 is 28.5 Å². The van der Waals surface area contributed by atoms with Crippen LogP contribution < -0.4 is 10.1 Å². The first kappa shape index (κ1) is 23.8. The third kappa shape index (κ3) is 6.17. The number of carbonyl (C=O) groups excluding carboxylic acids is 1. The number of halogens is 1. The Labute approximate surface area is 205 Å². The van der Waals surface area contributed by atoms with Crippen molar-refractivity contribution in [3.8, 4) is 5.75 Å². The number of rotatable bonds is 10. The molecule has 1 heterocycles. The average molecular weight is 476 g/mol. The zero-order chi connectivity index (χ0) is 23.9. The Morgan fingerprint density at radius 2 is 1.79 bits per heavy atom. The van der Waals surface area contributed by atoms with Crippen molar-refractivity contribution in [1.82, 2.24) is 14.9 Å². The number of benzene rings is 3. The third-order valence-corrected chi connectivity index (χ3v) is 5.93. The van der Waals surface area contributed by atoms with Crippen molar-refractivity contribution in [2.24, 2.45) is 0 Å². The minimum atomic E-state index is -0.131. The Kier molecular flexibility index (Phi) is 7.86. The molecule has 0 atom stereocenters. The molecule has 1 aromatic heterocycles. The topological polar surface area (TPSA) is 56.1 Å². The number of para-hydroxylation sites is 2. The van der Waals surface area contributed by atoms with Gasteiger partial charge in [0.1, 0.15) is 11.6 Å². The molecule has 6 heteroatoms. The molecule has 34 heavy (non-hydrogen) atoms. The maximum Gasteiger partial charge on any atom is 0.251 e. The van der Waals surface area contributed by atoms with Crippen LogP contribution in [-0.2, 0) is 13.0 Å². The van der Waals surface area contributed by atoms with Crippen molar-refractivity contribution in [1.29, 1.82) is 0 Å². The number of aromatic nitrogens is 2. The van der Waals surface area contributed by atoms with Gasteiger partial charge >= 0.3 is 0 Å². The first-order chi connectivity index (χ1) is 16.5. The summed E-state index contributed by atoms with van der Waals surface area (Å²) < 4.78 is 8.23. The monoisotopic (exact) mass is 475 g/mol. The molecule has 0 radical (unpaired) electrons. The molecule has 4 rings (SSSR count). The summed E-state index contributed by atoms with van der Waals surface area (Å²) >= 11 is 6.00. The zero-order valence-electron chi connectivity index (χ0n) is 19.7. The van der Waals surface area contributed by atoms with Crippen LogP contribution in [0.1, 0.15) is 40.2 Å². The van der Waals surface area contributed by atoms with Gasteiger partial charge in [-0.05, 0) is 80.3 Å². The smallest absolute Gasteiger partial charge is 0.251 e. The fourth-order valence-corrected chi connectivity index (χ4v) is 4.35. The number of carbonyl (C=O) groups is 1. The van der Waals surface area contributed by atoms with Crippen molar-refractivity contribution < 1.29 is 9.53 Å². The van der Waals surface area contributed by atoms with Crippen LogP contribution in [0.2, 0.25) is 5.02 Å². The Morgan fingerprint density at radius 1 is 1.00 bits per heavy atom. The summed E-state index contributed by atoms with van der Waals surface area (Å²) in [6.07, 6.45) is 2.58. The average Bonchev–Trinajstić information content (AvgIpc) is 3.15. The first-order valence-corrected chi connectivity index (χ1v) is 12.1. The number of imidazole rings is 1. The molecular formula is C28H30ClN3O2. The zero-order valence-corrected chi connectivity index (χ0v) is 20.4. The van der Waals surface area contributed by atoms with E-state index < -0.39 is 0 Å². The van der Waals surface area contributed by atoms with Crippen LogP contribution in [0, 0.1) is 13.8 Å². The maximum absolute atomic E-state index is 12.4. The van der Waals surface area contributed by atoms with Gasteiger partial charge in [-0.15, -0.1) is 0 Å². The highest BCUT2D eigenvalue weighted by Gasteiger charge is 2.12. The Morgan fingerprint density at radius 3 is 2.59 bits per heavy atom. The van der Waals surface area contributed by atoms with Crippen LogP contribution in [0.5, 0.6) is 5.75 Å². The largest absolute Gasteiger partial charge is 0.494 e. The maximum atomic E-state index is 12.4. The fourth-order valence-electron chi connectivity index (χ4n) is 4.16. The van der Waals surface area contributed by atoms with Crippen LogP contribution >= 0.6 is 11.6 Å². The number of fused-ring (bicyclic) bond motifs is 1. The van der Waals surface area contributed by atoms with E-state index in [4.69, 9.17) is 21.3 Å². The highest BCUT2D eigenvalue weighted by Crippen LogP contribution is 2.19. The number of nitrogens with zero attached hydrogens (tertiary/aromatic N) is 2. The lowest BCUT2D eigenvalue weighted by Gasteiger charge is -2.11. The Hall–Kier alpha value is -3.31. The number of hydrogen-bond acceptors (Lipinski definition) is 3. The molecule has 4 aromatic rings. The van der Waals surface area contributed by atoms with E-state index in [1.54, 1.807) is 24.3 Å². The van der Waals surface area contributed by atoms with E-state index in [0.717, 1.165) is 42.0 Å². The summed E-state index contributed by atoms with van der Waals surface area (Å²) in [4.78, 5) is 17.3. The number of amides is 1. The van der Waals surface area contributed by atoms with E-state index >= 15 is 0 Å². The van der Waals surface area contributed by atoms with Gasteiger partial charge in [0.25, 0.3) is 5.91 Å². The van der Waals surface area contributed by atoms with E-state index in [9.17, 15) is 4.79 Å². The van der Waals surface area contributed by atoms with Crippen molar-refractivity contribution in [3.63, 3.8) is 0 Å². The molecule has 1 N–H and O–H groups in total. The predicted molar refractivity (Wildman–Crippen MR) is 138 cm³/mol. The molecule has 3 aromatic carbocycles. The second-order valence-corrected chi connectivity index (χ2v) is 9.00. The molecule has 0 spiro atoms. The van der Waals surface area contributed by atoms with Crippen LogP contribution in [0.4, 0.5) is 0 Å². The molecule has 0 aliphatic heterocycles. The van der Waals surface area contributed by atoms with Gasteiger partial charge in [0, 0.05) is 30.1 Å². The van der Waals surface area contributed by atoms with Crippen molar-refractivity contribution in [3.05, 3.63) is 94.3 Å². The molecular weight excluding hydrogens is 446 g/mol. The second-order valence-electron chi connectivity index (χ2n) is 8.56. The summed E-state index contributed by atoms with van der Waals surface area (Å²) in [6.45, 7) is 6.21. The van der Waals surface area contributed by atoms with E-state index in [-0.39, 0.29) is 5.91 Å². The van der Waals surface area contributed by atoms with Crippen molar-refractivity contribution in [2.45, 2.75) is 39.7 Å². The standard InChI is InChI=1S/C28H30ClN3O2/c1-20-16-21(2)18-24(17-20)34-15-6-5-14-32-26-11-4-3-10-25(26)31-27(32)12-13-30-28(33)22-8-7-9-23(29)19-22/h3-4,7-11,16-19H,5-6,12-15H2,1-2H3,(H,30,33). The molecule has 0 bridgehead atoms. The highest BCUT2D eigenvalue weighted by molar-refractivity contribution is 6.30. The summed E-state index contributed by atoms with van der Waals surface area (Å²) in [5.41, 5.74) is 5.09. The quantitative estimate of drug-likeness (QED) is 0.280. The second kappa shape index (κ2) is 11.2. The van der Waals surface area contributed by atoms with Crippen LogP contribution in [0.25, 0.3) is 11.0 Å². The van der Waals surface area contributed by atoms with Crippen LogP contribution in [0.15, 0.2) is 66.7 Å². The van der Waals surface area contributed by atoms with Gasteiger partial charge in [0.15, 0.2) is 0 Å². The first-order valence-electron chi connectivity index (χ1n) is 11.7. The van der Waals surface area contributed by atoms with Gasteiger partial charge in [0.05, 0.1) is 17.6 Å². The number of nitrogens with one attached hydrogen (secondary N) is 1. The molecule has 0 aliphatic carbocycles. The number of aryl methyl sites for hydroxylation is 3. The Balaban J connectivity index is 1.33. The molecule has 0 fully saturated rings. The minimum absolute atomic E-state index is 0.131. The third-order valence-electron chi connectivity index (χ3n) is 5.69. The fraction of sp³-hybridized carbons (Fsp3) is 0.286. The lowest BCUT2D eigenvalue weighted by molar-refractivity contribution is 0.0954. The van der Waals surface area contributed by atoms with E-state index in [1.807, 2.05) is 18.2 Å². The highest BCUT2D eigenvalue weighted by atomic mass is 35.5. The SMILES string of the molecule is Cc1cc(C)cc(OCCCCn2c(CCNC(=O)c3cccc(Cl)c3)nc3ccccc32)c1. The summed E-state index contributed by atoms with van der Waals surface area (Å²) in [5, 5.41) is 3.53. The van der Waals surface area contributed by atoms with Crippen LogP contribution in [0.3, 0.4) is 0 Å². The van der Waals surface area contributed by atoms with Gasteiger partial charge in [-0.3, -0.25) is 4.79 Å². The van der Waals surface area contributed by atoms with E-state index in [0.29, 0.717) is 30.2 Å². The van der Waals surface area contributed by atoms with Crippen molar-refractivity contribution in [2.75, 3.05) is 13.2 Å². The summed E-state index contributed by atoms with van der Waals surface area (Å²) in [7, 11) is 0. The normalized spacial score (nSPS) is 11.0. The summed E-state index contributed by atoms with van der Waals surface area (Å²) in [6, 6.07) is 21.4.